The molecule has 0 fully saturated rings. The topological polar surface area (TPSA) is 38.3 Å². The van der Waals surface area contributed by atoms with Crippen molar-refractivity contribution in [3.05, 3.63) is 0 Å². The third-order valence-corrected chi connectivity index (χ3v) is 1.17. The van der Waals surface area contributed by atoms with Gasteiger partial charge in [0.2, 0.25) is 0 Å². The van der Waals surface area contributed by atoms with E-state index in [-0.39, 0.29) is 14.8 Å². The summed E-state index contributed by atoms with van der Waals surface area (Å²) in [6, 6.07) is 0. The summed E-state index contributed by atoms with van der Waals surface area (Å²) in [5, 5.41) is 2.86. The molecule has 0 aliphatic heterocycles. The van der Waals surface area contributed by atoms with Crippen LogP contribution >= 0.6 is 8.81 Å². The maximum Gasteiger partial charge on any atom is 0.322 e. The first kappa shape index (κ1) is 8.86. The molecule has 0 heterocycles. The minimum atomic E-state index is -0.169. The van der Waals surface area contributed by atoms with E-state index in [1.54, 1.807) is 0 Å². The van der Waals surface area contributed by atoms with Gasteiger partial charge in [-0.05, 0) is 13.2 Å². The minimum absolute atomic E-state index is 0.169. The predicted molar refractivity (Wildman–Crippen MR) is 38.9 cm³/mol. The Bertz CT molecular complexity index is 87.0. The summed E-state index contributed by atoms with van der Waals surface area (Å²) in [7, 11) is 0.260. The number of likely N-dealkylation sites (N-methyl/N-ethyl adjacent to an activating group) is 1. The van der Waals surface area contributed by atoms with Crippen LogP contribution in [-0.4, -0.2) is 25.7 Å². The highest BCUT2D eigenvalue weighted by Crippen LogP contribution is 2.02. The monoisotopic (exact) mass is 149 g/mol. The standard InChI is InChI=1S/C5H12NO2P/c1-3-6-4-5(7)8-9-2/h6,9H,3-4H2,1-2H3. The van der Waals surface area contributed by atoms with Crippen LogP contribution in [0, 0.1) is 0 Å². The SMILES string of the molecule is CCNCC(=O)OPC. The lowest BCUT2D eigenvalue weighted by atomic mass is 10.6. The van der Waals surface area contributed by atoms with Crippen molar-refractivity contribution in [1.82, 2.24) is 5.32 Å². The van der Waals surface area contributed by atoms with E-state index in [0.29, 0.717) is 6.54 Å². The summed E-state index contributed by atoms with van der Waals surface area (Å²) < 4.78 is 4.67. The van der Waals surface area contributed by atoms with Gasteiger partial charge in [0.15, 0.2) is 0 Å². The van der Waals surface area contributed by atoms with Crippen molar-refractivity contribution in [3.8, 4) is 0 Å². The molecule has 0 spiro atoms. The zero-order chi connectivity index (χ0) is 7.11. The molecule has 1 unspecified atom stereocenters. The Morgan fingerprint density at radius 1 is 1.78 bits per heavy atom. The Kier molecular flexibility index (Phi) is 5.89. The second-order valence-corrected chi connectivity index (χ2v) is 2.07. The predicted octanol–water partition coefficient (Wildman–Crippen LogP) is 0.362. The number of carbonyl (C=O) groups excluding carboxylic acids is 1. The van der Waals surface area contributed by atoms with Crippen molar-refractivity contribution in [1.29, 1.82) is 0 Å². The lowest BCUT2D eigenvalue weighted by Gasteiger charge is -1.99. The fourth-order valence-corrected chi connectivity index (χ4v) is 0.677. The summed E-state index contributed by atoms with van der Waals surface area (Å²) in [6.07, 6.45) is 0. The summed E-state index contributed by atoms with van der Waals surface area (Å²) in [6.45, 7) is 4.91. The van der Waals surface area contributed by atoms with Gasteiger partial charge in [-0.1, -0.05) is 6.92 Å². The Hall–Kier alpha value is -0.140. The molecule has 54 valence electrons. The molecular formula is C5H12NO2P. The van der Waals surface area contributed by atoms with Gasteiger partial charge in [0, 0.05) is 0 Å². The fraction of sp³-hybridized carbons (Fsp3) is 0.800. The van der Waals surface area contributed by atoms with E-state index in [9.17, 15) is 4.79 Å². The molecule has 0 aromatic heterocycles. The summed E-state index contributed by atoms with van der Waals surface area (Å²) in [5.74, 6) is -0.169. The Labute approximate surface area is 57.0 Å². The van der Waals surface area contributed by atoms with Crippen LogP contribution in [-0.2, 0) is 9.32 Å². The lowest BCUT2D eigenvalue weighted by molar-refractivity contribution is -0.132. The molecule has 3 nitrogen and oxygen atoms in total. The summed E-state index contributed by atoms with van der Waals surface area (Å²) >= 11 is 0. The number of hydrogen-bond donors (Lipinski definition) is 1. The molecule has 1 N–H and O–H groups in total. The normalized spacial score (nSPS) is 10.4. The molecule has 0 saturated heterocycles. The van der Waals surface area contributed by atoms with Gasteiger partial charge in [0.1, 0.15) is 0 Å². The van der Waals surface area contributed by atoms with E-state index in [2.05, 4.69) is 9.84 Å². The first-order valence-corrected chi connectivity index (χ1v) is 4.29. The molecule has 0 bridgehead atoms. The Balaban J connectivity index is 3.06. The fourth-order valence-electron chi connectivity index (χ4n) is 0.377. The van der Waals surface area contributed by atoms with Crippen molar-refractivity contribution in [3.63, 3.8) is 0 Å². The highest BCUT2D eigenvalue weighted by atomic mass is 31.1. The van der Waals surface area contributed by atoms with Crippen LogP contribution in [0.2, 0.25) is 0 Å². The molecule has 0 rings (SSSR count). The van der Waals surface area contributed by atoms with Crippen molar-refractivity contribution in [2.75, 3.05) is 19.8 Å². The Morgan fingerprint density at radius 2 is 2.44 bits per heavy atom. The minimum Gasteiger partial charge on any atom is -0.448 e. The van der Waals surface area contributed by atoms with E-state index >= 15 is 0 Å². The second-order valence-electron chi connectivity index (χ2n) is 1.46. The third kappa shape index (κ3) is 5.74. The van der Waals surface area contributed by atoms with Gasteiger partial charge >= 0.3 is 5.97 Å². The average molecular weight is 149 g/mol. The Morgan fingerprint density at radius 3 is 2.89 bits per heavy atom. The molecule has 4 heteroatoms. The van der Waals surface area contributed by atoms with E-state index in [1.165, 1.54) is 0 Å². The van der Waals surface area contributed by atoms with Gasteiger partial charge in [-0.15, -0.1) is 0 Å². The maximum absolute atomic E-state index is 10.5. The number of carbonyl (C=O) groups is 1. The number of hydrogen-bond acceptors (Lipinski definition) is 3. The first-order valence-electron chi connectivity index (χ1n) is 2.88. The molecule has 0 aliphatic carbocycles. The molecule has 1 atom stereocenters. The zero-order valence-electron chi connectivity index (χ0n) is 5.73. The zero-order valence-corrected chi connectivity index (χ0v) is 6.73. The van der Waals surface area contributed by atoms with E-state index in [0.717, 1.165) is 6.54 Å². The van der Waals surface area contributed by atoms with Crippen LogP contribution in [0.3, 0.4) is 0 Å². The van der Waals surface area contributed by atoms with Gasteiger partial charge in [0.05, 0.1) is 15.4 Å². The van der Waals surface area contributed by atoms with Crippen molar-refractivity contribution in [2.24, 2.45) is 0 Å². The third-order valence-electron chi connectivity index (χ3n) is 0.735. The van der Waals surface area contributed by atoms with Gasteiger partial charge in [-0.3, -0.25) is 4.79 Å². The van der Waals surface area contributed by atoms with Crippen LogP contribution in [0.25, 0.3) is 0 Å². The van der Waals surface area contributed by atoms with Crippen molar-refractivity contribution >= 4 is 14.8 Å². The van der Waals surface area contributed by atoms with Crippen LogP contribution in [0.1, 0.15) is 6.92 Å². The van der Waals surface area contributed by atoms with Gasteiger partial charge < -0.3 is 9.84 Å². The van der Waals surface area contributed by atoms with Crippen LogP contribution < -0.4 is 5.32 Å². The van der Waals surface area contributed by atoms with Crippen molar-refractivity contribution in [2.45, 2.75) is 6.92 Å². The van der Waals surface area contributed by atoms with Gasteiger partial charge in [-0.2, -0.15) is 0 Å². The highest BCUT2D eigenvalue weighted by Gasteiger charge is 1.96. The van der Waals surface area contributed by atoms with Crippen LogP contribution in [0.5, 0.6) is 0 Å². The highest BCUT2D eigenvalue weighted by molar-refractivity contribution is 7.31. The van der Waals surface area contributed by atoms with Gasteiger partial charge in [-0.25, -0.2) is 0 Å². The number of nitrogens with one attached hydrogen (secondary N) is 1. The van der Waals surface area contributed by atoms with E-state index in [4.69, 9.17) is 0 Å². The summed E-state index contributed by atoms with van der Waals surface area (Å²) in [4.78, 5) is 10.5. The second kappa shape index (κ2) is 5.99. The molecule has 0 aliphatic rings. The molecule has 9 heavy (non-hydrogen) atoms. The van der Waals surface area contributed by atoms with Crippen molar-refractivity contribution < 1.29 is 9.32 Å². The first-order chi connectivity index (χ1) is 4.31. The molecular weight excluding hydrogens is 137 g/mol. The number of rotatable bonds is 4. The van der Waals surface area contributed by atoms with E-state index < -0.39 is 0 Å². The molecule has 0 radical (unpaired) electrons. The maximum atomic E-state index is 10.5. The smallest absolute Gasteiger partial charge is 0.322 e. The molecule has 0 aromatic rings. The lowest BCUT2D eigenvalue weighted by Crippen LogP contribution is -2.22. The van der Waals surface area contributed by atoms with Crippen LogP contribution in [0.15, 0.2) is 0 Å². The molecule has 0 aromatic carbocycles. The largest absolute Gasteiger partial charge is 0.448 e. The van der Waals surface area contributed by atoms with Gasteiger partial charge in [0.25, 0.3) is 0 Å². The average Bonchev–Trinajstić information content (AvgIpc) is 1.85. The summed E-state index contributed by atoms with van der Waals surface area (Å²) in [5.41, 5.74) is 0. The molecule has 0 amide bonds. The van der Waals surface area contributed by atoms with E-state index in [1.807, 2.05) is 13.6 Å². The van der Waals surface area contributed by atoms with Crippen LogP contribution in [0.4, 0.5) is 0 Å². The molecule has 0 saturated carbocycles. The quantitative estimate of drug-likeness (QED) is 0.586.